The van der Waals surface area contributed by atoms with E-state index >= 15 is 0 Å². The number of aliphatic hydroxyl groups is 1. The Hall–Kier alpha value is -1.22. The second-order valence-electron chi connectivity index (χ2n) is 7.22. The molecule has 13 heteroatoms. The van der Waals surface area contributed by atoms with Crippen LogP contribution in [0.4, 0.5) is 0 Å². The van der Waals surface area contributed by atoms with Gasteiger partial charge in [-0.05, 0) is 13.3 Å². The van der Waals surface area contributed by atoms with Gasteiger partial charge >= 0.3 is 16.3 Å². The topological polar surface area (TPSA) is 166 Å². The summed E-state index contributed by atoms with van der Waals surface area (Å²) >= 11 is 1.38. The maximum Gasteiger partial charge on any atom is 0.355 e. The molecule has 0 saturated carbocycles. The van der Waals surface area contributed by atoms with Crippen molar-refractivity contribution in [3.05, 3.63) is 10.6 Å². The summed E-state index contributed by atoms with van der Waals surface area (Å²) in [5.41, 5.74) is -0.0165. The molecule has 2 fully saturated rings. The molecule has 0 aromatic carbocycles. The number of amides is 1. The van der Waals surface area contributed by atoms with Crippen molar-refractivity contribution in [3.8, 4) is 0 Å². The molecule has 158 valence electrons. The Morgan fingerprint density at radius 3 is 2.75 bits per heavy atom. The predicted molar refractivity (Wildman–Crippen MR) is 98.1 cm³/mol. The number of carbonyl (C=O) groups excluding carboxylic acids is 1. The fourth-order valence-corrected chi connectivity index (χ4v) is 5.80. The standard InChI is InChI=1S/C15H23N3O8S2/c1-6-11-10(7(2)19)14(20)18(11)12(15(21)22)13(6)27-9-3-8(16-4-9)5-26-17-28(23,24)25/h6-11,16-17,19H,3-5H2,1-2H3,(H,21,22)(H,23,24,25)/t6-,7-,8+,9+,10-,11-/m1/s1. The van der Waals surface area contributed by atoms with Crippen molar-refractivity contribution in [3.63, 3.8) is 0 Å². The minimum Gasteiger partial charge on any atom is -0.477 e. The van der Waals surface area contributed by atoms with E-state index in [1.54, 1.807) is 0 Å². The maximum atomic E-state index is 12.3. The maximum absolute atomic E-state index is 12.3. The minimum atomic E-state index is -4.43. The van der Waals surface area contributed by atoms with Crippen molar-refractivity contribution in [1.29, 1.82) is 0 Å². The number of nitrogens with one attached hydrogen (secondary N) is 2. The van der Waals surface area contributed by atoms with E-state index < -0.39 is 28.3 Å². The third-order valence-corrected chi connectivity index (χ3v) is 7.08. The number of hydrogen-bond acceptors (Lipinski definition) is 8. The molecule has 11 nitrogen and oxygen atoms in total. The summed E-state index contributed by atoms with van der Waals surface area (Å²) in [6.45, 7) is 3.93. The first-order valence-electron chi connectivity index (χ1n) is 8.76. The Bertz CT molecular complexity index is 799. The average Bonchev–Trinajstić information content (AvgIpc) is 3.09. The lowest BCUT2D eigenvalue weighted by Gasteiger charge is -2.46. The van der Waals surface area contributed by atoms with Gasteiger partial charge in [-0.3, -0.25) is 14.2 Å². The van der Waals surface area contributed by atoms with Gasteiger partial charge in [0.05, 0.1) is 24.7 Å². The lowest BCUT2D eigenvalue weighted by Crippen LogP contribution is -2.63. The van der Waals surface area contributed by atoms with Crippen molar-refractivity contribution >= 4 is 33.9 Å². The molecule has 3 aliphatic rings. The van der Waals surface area contributed by atoms with E-state index in [2.05, 4.69) is 5.32 Å². The zero-order valence-corrected chi connectivity index (χ0v) is 16.9. The SMILES string of the molecule is C[C@@H](O)[C@H]1C(=O)N2C(C(=O)O)=C(S[C@@H]3CN[C@H](CONS(=O)(=O)O)C3)[C@H](C)[C@H]12. The Morgan fingerprint density at radius 2 is 2.18 bits per heavy atom. The number of carboxylic acids is 1. The highest BCUT2D eigenvalue weighted by Crippen LogP contribution is 2.51. The highest BCUT2D eigenvalue weighted by Gasteiger charge is 2.60. The molecule has 28 heavy (non-hydrogen) atoms. The number of nitrogens with zero attached hydrogens (tertiary/aromatic N) is 1. The molecule has 0 radical (unpaired) electrons. The van der Waals surface area contributed by atoms with E-state index in [9.17, 15) is 28.2 Å². The van der Waals surface area contributed by atoms with Crippen LogP contribution in [0.3, 0.4) is 0 Å². The van der Waals surface area contributed by atoms with Gasteiger partial charge in [0.15, 0.2) is 0 Å². The van der Waals surface area contributed by atoms with E-state index in [-0.39, 0.29) is 41.5 Å². The van der Waals surface area contributed by atoms with E-state index in [1.165, 1.54) is 28.5 Å². The number of rotatable bonds is 8. The molecule has 0 bridgehead atoms. The van der Waals surface area contributed by atoms with Crippen LogP contribution in [0.5, 0.6) is 0 Å². The first-order valence-corrected chi connectivity index (χ1v) is 11.1. The molecular formula is C15H23N3O8S2. The fraction of sp³-hybridized carbons (Fsp3) is 0.733. The van der Waals surface area contributed by atoms with Crippen molar-refractivity contribution in [2.45, 2.75) is 43.7 Å². The minimum absolute atomic E-state index is 0.00457. The highest BCUT2D eigenvalue weighted by atomic mass is 32.2. The van der Waals surface area contributed by atoms with E-state index in [4.69, 9.17) is 9.39 Å². The van der Waals surface area contributed by atoms with Crippen LogP contribution in [0.1, 0.15) is 20.3 Å². The number of thioether (sulfide) groups is 1. The Balaban J connectivity index is 1.65. The zero-order chi connectivity index (χ0) is 20.8. The van der Waals surface area contributed by atoms with Gasteiger partial charge in [0, 0.05) is 28.7 Å². The van der Waals surface area contributed by atoms with Crippen molar-refractivity contribution in [2.75, 3.05) is 13.2 Å². The normalized spacial score (nSPS) is 33.8. The summed E-state index contributed by atoms with van der Waals surface area (Å²) < 4.78 is 29.8. The number of carbonyl (C=O) groups is 2. The Labute approximate surface area is 166 Å². The molecule has 0 unspecified atom stereocenters. The molecule has 0 aromatic heterocycles. The molecule has 0 aliphatic carbocycles. The molecule has 5 N–H and O–H groups in total. The largest absolute Gasteiger partial charge is 0.477 e. The van der Waals surface area contributed by atoms with Crippen LogP contribution >= 0.6 is 11.8 Å². The summed E-state index contributed by atoms with van der Waals surface area (Å²) in [5, 5.41) is 22.7. The van der Waals surface area contributed by atoms with Crippen molar-refractivity contribution in [1.82, 2.24) is 15.1 Å². The quantitative estimate of drug-likeness (QED) is 0.179. The lowest BCUT2D eigenvalue weighted by molar-refractivity contribution is -0.163. The number of carboxylic acid groups (broad SMARTS) is 1. The van der Waals surface area contributed by atoms with Gasteiger partial charge in [-0.1, -0.05) is 11.8 Å². The van der Waals surface area contributed by atoms with Crippen LogP contribution in [-0.2, 0) is 24.7 Å². The van der Waals surface area contributed by atoms with Crippen molar-refractivity contribution < 1.29 is 37.6 Å². The van der Waals surface area contributed by atoms with Gasteiger partial charge in [0.2, 0.25) is 5.91 Å². The van der Waals surface area contributed by atoms with Crippen molar-refractivity contribution in [2.24, 2.45) is 11.8 Å². The smallest absolute Gasteiger partial charge is 0.355 e. The second kappa shape index (κ2) is 7.89. The molecule has 1 amide bonds. The molecule has 6 atom stereocenters. The Morgan fingerprint density at radius 1 is 1.50 bits per heavy atom. The second-order valence-corrected chi connectivity index (χ2v) is 9.68. The van der Waals surface area contributed by atoms with Crippen LogP contribution in [0, 0.1) is 11.8 Å². The monoisotopic (exact) mass is 437 g/mol. The third-order valence-electron chi connectivity index (χ3n) is 5.24. The van der Waals surface area contributed by atoms with E-state index in [0.29, 0.717) is 17.9 Å². The summed E-state index contributed by atoms with van der Waals surface area (Å²) in [6.07, 6.45) is -0.264. The molecule has 0 spiro atoms. The van der Waals surface area contributed by atoms with Gasteiger partial charge in [-0.2, -0.15) is 8.42 Å². The number of fused-ring (bicyclic) bond motifs is 1. The summed E-state index contributed by atoms with van der Waals surface area (Å²) in [6, 6.07) is -0.533. The van der Waals surface area contributed by atoms with Gasteiger partial charge in [-0.15, -0.1) is 11.8 Å². The van der Waals surface area contributed by atoms with Crippen LogP contribution in [-0.4, -0.2) is 76.5 Å². The molecule has 3 rings (SSSR count). The summed E-state index contributed by atoms with van der Waals surface area (Å²) in [7, 11) is -4.43. The zero-order valence-electron chi connectivity index (χ0n) is 15.2. The molecule has 2 saturated heterocycles. The number of aliphatic carboxylic acids is 1. The highest BCUT2D eigenvalue weighted by molar-refractivity contribution is 8.03. The Kier molecular flexibility index (Phi) is 6.06. The lowest BCUT2D eigenvalue weighted by atomic mass is 9.79. The molecular weight excluding hydrogens is 414 g/mol. The van der Waals surface area contributed by atoms with E-state index in [0.717, 1.165) is 0 Å². The molecule has 3 aliphatic heterocycles. The fourth-order valence-electron chi connectivity index (χ4n) is 4.07. The van der Waals surface area contributed by atoms with Crippen LogP contribution in [0.2, 0.25) is 0 Å². The van der Waals surface area contributed by atoms with Gasteiger partial charge < -0.3 is 20.4 Å². The van der Waals surface area contributed by atoms with Crippen LogP contribution in [0.25, 0.3) is 0 Å². The van der Waals surface area contributed by atoms with Crippen LogP contribution in [0.15, 0.2) is 10.6 Å². The first kappa shape index (κ1) is 21.5. The number of aliphatic hydroxyl groups excluding tert-OH is 1. The molecule has 0 aromatic rings. The number of β-lactam (4-membered cyclic amide) rings is 1. The summed E-state index contributed by atoms with van der Waals surface area (Å²) in [4.78, 5) is 32.3. The van der Waals surface area contributed by atoms with Gasteiger partial charge in [-0.25, -0.2) is 4.79 Å². The predicted octanol–water partition coefficient (Wildman–Crippen LogP) is -1.07. The van der Waals surface area contributed by atoms with Gasteiger partial charge in [0.25, 0.3) is 0 Å². The summed E-state index contributed by atoms with van der Waals surface area (Å²) in [5.74, 6) is -2.34. The number of hydrogen-bond donors (Lipinski definition) is 5. The van der Waals surface area contributed by atoms with E-state index in [1.807, 2.05) is 6.92 Å². The third kappa shape index (κ3) is 4.06. The van der Waals surface area contributed by atoms with Gasteiger partial charge in [0.1, 0.15) is 5.70 Å². The first-order chi connectivity index (χ1) is 13.0. The average molecular weight is 437 g/mol. The van der Waals surface area contributed by atoms with Crippen LogP contribution < -0.4 is 10.2 Å². The molecule has 3 heterocycles.